The zero-order chi connectivity index (χ0) is 15.5. The summed E-state index contributed by atoms with van der Waals surface area (Å²) in [5, 5.41) is 0. The summed E-state index contributed by atoms with van der Waals surface area (Å²) in [5.41, 5.74) is 6.97. The van der Waals surface area contributed by atoms with E-state index in [-0.39, 0.29) is 5.75 Å². The van der Waals surface area contributed by atoms with E-state index in [9.17, 15) is 8.42 Å². The quantitative estimate of drug-likeness (QED) is 0.907. The van der Waals surface area contributed by atoms with E-state index >= 15 is 0 Å². The van der Waals surface area contributed by atoms with E-state index in [2.05, 4.69) is 11.9 Å². The van der Waals surface area contributed by atoms with Gasteiger partial charge in [-0.05, 0) is 49.6 Å². The molecular weight excluding hydrogens is 284 g/mol. The van der Waals surface area contributed by atoms with Gasteiger partial charge >= 0.3 is 0 Å². The Bertz CT molecular complexity index is 554. The first-order valence-electron chi connectivity index (χ1n) is 7.75. The van der Waals surface area contributed by atoms with E-state index < -0.39 is 9.84 Å². The molecule has 0 saturated heterocycles. The van der Waals surface area contributed by atoms with Crippen LogP contribution in [0.5, 0.6) is 0 Å². The SMILES string of the molecule is CCS(=O)(=O)c1ccc(N(C)C2CCCCC2CN)cc1. The van der Waals surface area contributed by atoms with E-state index in [4.69, 9.17) is 5.73 Å². The predicted molar refractivity (Wildman–Crippen MR) is 87.4 cm³/mol. The molecule has 0 heterocycles. The molecular formula is C16H26N2O2S. The second-order valence-electron chi connectivity index (χ2n) is 5.86. The Morgan fingerprint density at radius 3 is 2.38 bits per heavy atom. The summed E-state index contributed by atoms with van der Waals surface area (Å²) in [6, 6.07) is 7.70. The topological polar surface area (TPSA) is 63.4 Å². The summed E-state index contributed by atoms with van der Waals surface area (Å²) in [6.07, 6.45) is 4.86. The number of anilines is 1. The van der Waals surface area contributed by atoms with Gasteiger partial charge in [0.15, 0.2) is 9.84 Å². The van der Waals surface area contributed by atoms with Crippen molar-refractivity contribution in [2.24, 2.45) is 11.7 Å². The number of hydrogen-bond acceptors (Lipinski definition) is 4. The van der Waals surface area contributed by atoms with Gasteiger partial charge in [-0.3, -0.25) is 0 Å². The Labute approximate surface area is 128 Å². The van der Waals surface area contributed by atoms with Crippen molar-refractivity contribution in [2.75, 3.05) is 24.2 Å². The molecule has 5 heteroatoms. The van der Waals surface area contributed by atoms with Crippen LogP contribution < -0.4 is 10.6 Å². The van der Waals surface area contributed by atoms with Crippen LogP contribution in [0.3, 0.4) is 0 Å². The predicted octanol–water partition coefficient (Wildman–Crippen LogP) is 2.43. The molecule has 1 saturated carbocycles. The van der Waals surface area contributed by atoms with Gasteiger partial charge in [0.05, 0.1) is 10.6 Å². The van der Waals surface area contributed by atoms with Crippen LogP contribution in [0.4, 0.5) is 5.69 Å². The van der Waals surface area contributed by atoms with Crippen molar-refractivity contribution in [3.63, 3.8) is 0 Å². The molecule has 0 aromatic heterocycles. The van der Waals surface area contributed by atoms with Crippen LogP contribution in [0.2, 0.25) is 0 Å². The molecule has 1 fully saturated rings. The Morgan fingerprint density at radius 1 is 1.19 bits per heavy atom. The maximum Gasteiger partial charge on any atom is 0.178 e. The maximum absolute atomic E-state index is 11.9. The van der Waals surface area contributed by atoms with Crippen molar-refractivity contribution in [2.45, 2.75) is 43.5 Å². The molecule has 21 heavy (non-hydrogen) atoms. The fourth-order valence-electron chi connectivity index (χ4n) is 3.22. The number of rotatable bonds is 5. The van der Waals surface area contributed by atoms with Gasteiger partial charge in [-0.15, -0.1) is 0 Å². The van der Waals surface area contributed by atoms with Gasteiger partial charge in [0.2, 0.25) is 0 Å². The van der Waals surface area contributed by atoms with Crippen LogP contribution >= 0.6 is 0 Å². The monoisotopic (exact) mass is 310 g/mol. The van der Waals surface area contributed by atoms with Crippen molar-refractivity contribution in [1.82, 2.24) is 0 Å². The molecule has 1 aromatic carbocycles. The molecule has 1 aliphatic carbocycles. The van der Waals surface area contributed by atoms with Crippen LogP contribution in [0.25, 0.3) is 0 Å². The average Bonchev–Trinajstić information content (AvgIpc) is 2.54. The highest BCUT2D eigenvalue weighted by molar-refractivity contribution is 7.91. The Kier molecular flexibility index (Phi) is 5.27. The molecule has 2 atom stereocenters. The van der Waals surface area contributed by atoms with Crippen LogP contribution in [0.15, 0.2) is 29.2 Å². The minimum absolute atomic E-state index is 0.139. The summed E-state index contributed by atoms with van der Waals surface area (Å²) in [7, 11) is -1.03. The Balaban J connectivity index is 2.18. The molecule has 1 aromatic rings. The van der Waals surface area contributed by atoms with Crippen LogP contribution in [0.1, 0.15) is 32.6 Å². The summed E-state index contributed by atoms with van der Waals surface area (Å²) in [4.78, 5) is 2.67. The Morgan fingerprint density at radius 2 is 1.81 bits per heavy atom. The smallest absolute Gasteiger partial charge is 0.178 e. The van der Waals surface area contributed by atoms with E-state index in [1.165, 1.54) is 19.3 Å². The minimum Gasteiger partial charge on any atom is -0.371 e. The molecule has 0 aliphatic heterocycles. The molecule has 118 valence electrons. The first kappa shape index (κ1) is 16.3. The molecule has 0 radical (unpaired) electrons. The highest BCUT2D eigenvalue weighted by Gasteiger charge is 2.27. The van der Waals surface area contributed by atoms with Gasteiger partial charge in [-0.1, -0.05) is 19.8 Å². The van der Waals surface area contributed by atoms with Crippen molar-refractivity contribution in [1.29, 1.82) is 0 Å². The third-order valence-electron chi connectivity index (χ3n) is 4.65. The minimum atomic E-state index is -3.12. The number of sulfone groups is 1. The summed E-state index contributed by atoms with van der Waals surface area (Å²) in [6.45, 7) is 2.39. The molecule has 2 N–H and O–H groups in total. The van der Waals surface area contributed by atoms with Gasteiger partial charge in [0, 0.05) is 18.8 Å². The highest BCUT2D eigenvalue weighted by Crippen LogP contribution is 2.30. The lowest BCUT2D eigenvalue weighted by molar-refractivity contribution is 0.306. The van der Waals surface area contributed by atoms with E-state index in [0.717, 1.165) is 18.7 Å². The second-order valence-corrected chi connectivity index (χ2v) is 8.13. The van der Waals surface area contributed by atoms with Crippen LogP contribution in [-0.4, -0.2) is 33.8 Å². The van der Waals surface area contributed by atoms with Crippen LogP contribution in [-0.2, 0) is 9.84 Å². The zero-order valence-corrected chi connectivity index (χ0v) is 13.8. The van der Waals surface area contributed by atoms with Gasteiger partial charge in [-0.2, -0.15) is 0 Å². The highest BCUT2D eigenvalue weighted by atomic mass is 32.2. The van der Waals surface area contributed by atoms with Gasteiger partial charge < -0.3 is 10.6 Å². The number of hydrogen-bond donors (Lipinski definition) is 1. The van der Waals surface area contributed by atoms with Gasteiger partial charge in [0.25, 0.3) is 0 Å². The third-order valence-corrected chi connectivity index (χ3v) is 6.40. The summed E-state index contributed by atoms with van der Waals surface area (Å²) < 4.78 is 23.7. The molecule has 2 rings (SSSR count). The molecule has 0 spiro atoms. The fourth-order valence-corrected chi connectivity index (χ4v) is 4.10. The number of nitrogens with two attached hydrogens (primary N) is 1. The van der Waals surface area contributed by atoms with Crippen molar-refractivity contribution in [3.8, 4) is 0 Å². The normalized spacial score (nSPS) is 23.0. The van der Waals surface area contributed by atoms with Crippen molar-refractivity contribution >= 4 is 15.5 Å². The number of benzene rings is 1. The maximum atomic E-state index is 11.9. The summed E-state index contributed by atoms with van der Waals surface area (Å²) in [5.74, 6) is 0.669. The van der Waals surface area contributed by atoms with Crippen LogP contribution in [0, 0.1) is 5.92 Å². The largest absolute Gasteiger partial charge is 0.371 e. The van der Waals surface area contributed by atoms with E-state index in [1.807, 2.05) is 12.1 Å². The molecule has 0 bridgehead atoms. The van der Waals surface area contributed by atoms with Gasteiger partial charge in [0.1, 0.15) is 0 Å². The molecule has 1 aliphatic rings. The van der Waals surface area contributed by atoms with Gasteiger partial charge in [-0.25, -0.2) is 8.42 Å². The van der Waals surface area contributed by atoms with Crippen molar-refractivity contribution < 1.29 is 8.42 Å². The van der Waals surface area contributed by atoms with Crippen molar-refractivity contribution in [3.05, 3.63) is 24.3 Å². The lowest BCUT2D eigenvalue weighted by Crippen LogP contribution is -2.43. The lowest BCUT2D eigenvalue weighted by Gasteiger charge is -2.39. The lowest BCUT2D eigenvalue weighted by atomic mass is 9.83. The second kappa shape index (κ2) is 6.79. The third kappa shape index (κ3) is 3.58. The molecule has 0 amide bonds. The standard InChI is InChI=1S/C16H26N2O2S/c1-3-21(19,20)15-10-8-14(9-11-15)18(2)16-7-5-4-6-13(16)12-17/h8-11,13,16H,3-7,12,17H2,1-2H3. The van der Waals surface area contributed by atoms with E-state index in [0.29, 0.717) is 16.9 Å². The number of nitrogens with zero attached hydrogens (tertiary/aromatic N) is 1. The molecule has 2 unspecified atom stereocenters. The first-order chi connectivity index (χ1) is 9.99. The summed E-state index contributed by atoms with van der Waals surface area (Å²) >= 11 is 0. The Hall–Kier alpha value is -1.07. The average molecular weight is 310 g/mol. The molecule has 4 nitrogen and oxygen atoms in total. The fraction of sp³-hybridized carbons (Fsp3) is 0.625. The first-order valence-corrected chi connectivity index (χ1v) is 9.40. The zero-order valence-electron chi connectivity index (χ0n) is 13.0. The van der Waals surface area contributed by atoms with E-state index in [1.54, 1.807) is 19.1 Å².